The van der Waals surface area contributed by atoms with Crippen molar-refractivity contribution in [2.24, 2.45) is 0 Å². The molecule has 122 valence electrons. The average molecular weight is 351 g/mol. The molecular weight excluding hydrogens is 336 g/mol. The van der Waals surface area contributed by atoms with Gasteiger partial charge in [0.2, 0.25) is 0 Å². The van der Waals surface area contributed by atoms with E-state index in [0.717, 1.165) is 0 Å². The summed E-state index contributed by atoms with van der Waals surface area (Å²) in [5.41, 5.74) is 0.238. The van der Waals surface area contributed by atoms with Crippen LogP contribution < -0.4 is 10.1 Å². The van der Waals surface area contributed by atoms with Crippen LogP contribution in [-0.2, 0) is 4.79 Å². The fourth-order valence-corrected chi connectivity index (χ4v) is 3.25. The molecule has 0 atom stereocenters. The molecule has 2 N–H and O–H groups in total. The molecule has 1 amide bonds. The zero-order chi connectivity index (χ0) is 16.4. The van der Waals surface area contributed by atoms with E-state index in [1.807, 2.05) is 0 Å². The number of alkyl halides is 2. The Labute approximate surface area is 134 Å². The first-order valence-electron chi connectivity index (χ1n) is 6.28. The average Bonchev–Trinajstić information content (AvgIpc) is 2.45. The van der Waals surface area contributed by atoms with Crippen LogP contribution in [0, 0.1) is 0 Å². The monoisotopic (exact) mass is 351 g/mol. The van der Waals surface area contributed by atoms with Gasteiger partial charge < -0.3 is 15.2 Å². The molecule has 0 heterocycles. The molecule has 0 saturated carbocycles. The minimum absolute atomic E-state index is 0.0683. The Morgan fingerprint density at radius 1 is 1.27 bits per heavy atom. The van der Waals surface area contributed by atoms with Crippen LogP contribution in [0.5, 0.6) is 5.75 Å². The predicted molar refractivity (Wildman–Crippen MR) is 82.6 cm³/mol. The molecule has 0 radical (unpaired) electrons. The molecule has 0 spiro atoms. The summed E-state index contributed by atoms with van der Waals surface area (Å²) in [4.78, 5) is 22.1. The largest absolute Gasteiger partial charge is 0.481 e. The maximum atomic E-state index is 12.1. The smallest absolute Gasteiger partial charge is 0.387 e. The molecule has 0 aliphatic heterocycles. The third-order valence-corrected chi connectivity index (χ3v) is 4.68. The van der Waals surface area contributed by atoms with E-state index in [1.54, 1.807) is 0 Å². The van der Waals surface area contributed by atoms with Gasteiger partial charge in [-0.05, 0) is 18.2 Å². The molecule has 0 saturated heterocycles. The van der Waals surface area contributed by atoms with Gasteiger partial charge in [0, 0.05) is 23.6 Å². The van der Waals surface area contributed by atoms with E-state index in [-0.39, 0.29) is 23.6 Å². The number of halogens is 2. The van der Waals surface area contributed by atoms with Crippen molar-refractivity contribution in [3.63, 3.8) is 0 Å². The quantitative estimate of drug-likeness (QED) is 0.499. The van der Waals surface area contributed by atoms with E-state index in [2.05, 4.69) is 10.1 Å². The van der Waals surface area contributed by atoms with Crippen molar-refractivity contribution in [1.29, 1.82) is 0 Å². The molecule has 0 aliphatic carbocycles. The van der Waals surface area contributed by atoms with E-state index >= 15 is 0 Å². The summed E-state index contributed by atoms with van der Waals surface area (Å²) in [6.45, 7) is -2.54. The number of amides is 1. The van der Waals surface area contributed by atoms with Gasteiger partial charge in [-0.2, -0.15) is 8.78 Å². The number of rotatable bonds is 10. The number of carbonyl (C=O) groups is 2. The Balaban J connectivity index is 2.26. The predicted octanol–water partition coefficient (Wildman–Crippen LogP) is 2.87. The van der Waals surface area contributed by atoms with E-state index in [9.17, 15) is 18.4 Å². The molecule has 1 aromatic carbocycles. The van der Waals surface area contributed by atoms with Gasteiger partial charge >= 0.3 is 12.6 Å². The normalized spacial score (nSPS) is 10.5. The lowest BCUT2D eigenvalue weighted by molar-refractivity contribution is -0.136. The first-order chi connectivity index (χ1) is 10.5. The molecule has 1 aromatic rings. The summed E-state index contributed by atoms with van der Waals surface area (Å²) in [5.74, 6) is -0.172. The Hall–Kier alpha value is -1.48. The lowest BCUT2D eigenvalue weighted by atomic mass is 10.2. The summed E-state index contributed by atoms with van der Waals surface area (Å²) in [5, 5.41) is 11.1. The van der Waals surface area contributed by atoms with Crippen LogP contribution in [0.1, 0.15) is 16.8 Å². The van der Waals surface area contributed by atoms with E-state index in [4.69, 9.17) is 5.11 Å². The Morgan fingerprint density at radius 2 is 2.00 bits per heavy atom. The van der Waals surface area contributed by atoms with Gasteiger partial charge in [0.05, 0.1) is 6.42 Å². The number of carbonyl (C=O) groups excluding carboxylic acids is 1. The lowest BCUT2D eigenvalue weighted by Crippen LogP contribution is -2.25. The summed E-state index contributed by atoms with van der Waals surface area (Å²) in [7, 11) is 2.88. The molecule has 0 unspecified atom stereocenters. The van der Waals surface area contributed by atoms with Gasteiger partial charge in [-0.3, -0.25) is 9.59 Å². The van der Waals surface area contributed by atoms with Crippen molar-refractivity contribution in [2.45, 2.75) is 13.0 Å². The Bertz CT molecular complexity index is 503. The van der Waals surface area contributed by atoms with Gasteiger partial charge in [-0.15, -0.1) is 0 Å². The molecular formula is C13H15F2NO4S2. The topological polar surface area (TPSA) is 75.6 Å². The molecule has 0 bridgehead atoms. The minimum Gasteiger partial charge on any atom is -0.481 e. The molecule has 0 aliphatic rings. The zero-order valence-corrected chi connectivity index (χ0v) is 13.1. The second-order valence-electron chi connectivity index (χ2n) is 3.95. The third kappa shape index (κ3) is 8.08. The summed E-state index contributed by atoms with van der Waals surface area (Å²) in [6, 6.07) is 5.56. The highest BCUT2D eigenvalue weighted by Crippen LogP contribution is 2.21. The number of ether oxygens (including phenoxy) is 1. The summed E-state index contributed by atoms with van der Waals surface area (Å²) in [6.07, 6.45) is 0.0982. The number of carboxylic acids is 1. The van der Waals surface area contributed by atoms with E-state index in [1.165, 1.54) is 45.9 Å². The fraction of sp³-hybridized carbons (Fsp3) is 0.385. The maximum absolute atomic E-state index is 12.1. The standard InChI is InChI=1S/C13H15F2NO4S2/c14-13(15)20-10-3-1-2-9(8-10)12(19)16-5-7-22-21-6-4-11(17)18/h1-3,8,13H,4-7H2,(H,16,19)(H,17,18). The Morgan fingerprint density at radius 3 is 2.68 bits per heavy atom. The van der Waals surface area contributed by atoms with Crippen LogP contribution in [0.2, 0.25) is 0 Å². The highest BCUT2D eigenvalue weighted by atomic mass is 33.1. The van der Waals surface area contributed by atoms with Gasteiger partial charge in [-0.25, -0.2) is 0 Å². The first-order valence-corrected chi connectivity index (χ1v) is 8.77. The fourth-order valence-electron chi connectivity index (χ4n) is 1.37. The molecule has 9 heteroatoms. The number of aliphatic carboxylic acids is 1. The minimum atomic E-state index is -2.93. The van der Waals surface area contributed by atoms with Gasteiger partial charge in [0.1, 0.15) is 5.75 Å². The summed E-state index contributed by atoms with van der Waals surface area (Å²) < 4.78 is 28.4. The SMILES string of the molecule is O=C(O)CCSSCCNC(=O)c1cccc(OC(F)F)c1. The van der Waals surface area contributed by atoms with Crippen LogP contribution in [0.3, 0.4) is 0 Å². The van der Waals surface area contributed by atoms with Crippen molar-refractivity contribution >= 4 is 33.5 Å². The van der Waals surface area contributed by atoms with Crippen molar-refractivity contribution in [3.8, 4) is 5.75 Å². The number of carboxylic acid groups (broad SMARTS) is 1. The molecule has 0 aromatic heterocycles. The Kier molecular flexibility index (Phi) is 8.68. The van der Waals surface area contributed by atoms with Crippen LogP contribution in [0.4, 0.5) is 8.78 Å². The van der Waals surface area contributed by atoms with Crippen molar-refractivity contribution in [2.75, 3.05) is 18.1 Å². The summed E-state index contributed by atoms with van der Waals surface area (Å²) >= 11 is 0. The van der Waals surface area contributed by atoms with Crippen LogP contribution in [-0.4, -0.2) is 41.6 Å². The molecule has 1 rings (SSSR count). The number of nitrogens with one attached hydrogen (secondary N) is 1. The zero-order valence-electron chi connectivity index (χ0n) is 11.5. The highest BCUT2D eigenvalue weighted by molar-refractivity contribution is 8.76. The van der Waals surface area contributed by atoms with E-state index < -0.39 is 12.6 Å². The second-order valence-corrected chi connectivity index (χ2v) is 6.65. The molecule has 5 nitrogen and oxygen atoms in total. The van der Waals surface area contributed by atoms with Gasteiger partial charge in [0.25, 0.3) is 5.91 Å². The van der Waals surface area contributed by atoms with Gasteiger partial charge in [-0.1, -0.05) is 27.7 Å². The molecule has 22 heavy (non-hydrogen) atoms. The van der Waals surface area contributed by atoms with Crippen LogP contribution in [0.25, 0.3) is 0 Å². The van der Waals surface area contributed by atoms with Crippen molar-refractivity contribution in [3.05, 3.63) is 29.8 Å². The lowest BCUT2D eigenvalue weighted by Gasteiger charge is -2.07. The van der Waals surface area contributed by atoms with Crippen LogP contribution in [0.15, 0.2) is 24.3 Å². The van der Waals surface area contributed by atoms with Crippen molar-refractivity contribution < 1.29 is 28.2 Å². The third-order valence-electron chi connectivity index (χ3n) is 2.27. The van der Waals surface area contributed by atoms with Gasteiger partial charge in [0.15, 0.2) is 0 Å². The van der Waals surface area contributed by atoms with E-state index in [0.29, 0.717) is 18.1 Å². The molecule has 0 fully saturated rings. The highest BCUT2D eigenvalue weighted by Gasteiger charge is 2.09. The second kappa shape index (κ2) is 10.3. The number of benzene rings is 1. The number of hydrogen-bond acceptors (Lipinski definition) is 5. The first kappa shape index (κ1) is 18.6. The van der Waals surface area contributed by atoms with Crippen LogP contribution >= 0.6 is 21.6 Å². The number of hydrogen-bond donors (Lipinski definition) is 2. The maximum Gasteiger partial charge on any atom is 0.387 e. The van der Waals surface area contributed by atoms with Crippen molar-refractivity contribution in [1.82, 2.24) is 5.32 Å².